The Balaban J connectivity index is 2.01. The topological polar surface area (TPSA) is 106 Å². The molecule has 0 spiro atoms. The van der Waals surface area contributed by atoms with Crippen LogP contribution in [-0.4, -0.2) is 25.2 Å². The predicted octanol–water partition coefficient (Wildman–Crippen LogP) is 3.47. The number of amides is 2. The number of hydrogen-bond acceptors (Lipinski definition) is 6. The Morgan fingerprint density at radius 1 is 1.00 bits per heavy atom. The minimum Gasteiger partial charge on any atom is -0.274 e. The molecule has 0 aliphatic carbocycles. The van der Waals surface area contributed by atoms with Gasteiger partial charge in [0.25, 0.3) is 15.9 Å². The molecule has 0 fully saturated rings. The number of pyridine rings is 1. The minimum absolute atomic E-state index is 0.0120. The van der Waals surface area contributed by atoms with Crippen molar-refractivity contribution in [2.45, 2.75) is 31.3 Å². The van der Waals surface area contributed by atoms with Crippen molar-refractivity contribution in [3.05, 3.63) is 90.3 Å². The van der Waals surface area contributed by atoms with Gasteiger partial charge < -0.3 is 0 Å². The van der Waals surface area contributed by atoms with Crippen LogP contribution < -0.4 is 9.79 Å². The van der Waals surface area contributed by atoms with E-state index in [4.69, 9.17) is 4.84 Å². The summed E-state index contributed by atoms with van der Waals surface area (Å²) in [6, 6.07) is 17.7. The second kappa shape index (κ2) is 10.7. The fourth-order valence-corrected chi connectivity index (χ4v) is 4.09. The second-order valence-electron chi connectivity index (χ2n) is 6.85. The van der Waals surface area contributed by atoms with Crippen molar-refractivity contribution < 1.29 is 22.8 Å². The largest absolute Gasteiger partial charge is 0.282 e. The molecule has 2 amide bonds. The summed E-state index contributed by atoms with van der Waals surface area (Å²) >= 11 is 0. The fourth-order valence-electron chi connectivity index (χ4n) is 2.89. The molecule has 9 heteroatoms. The Kier molecular flexibility index (Phi) is 7.69. The molecule has 0 saturated carbocycles. The summed E-state index contributed by atoms with van der Waals surface area (Å²) in [6.07, 6.45) is 3.75. The van der Waals surface area contributed by atoms with Gasteiger partial charge in [0, 0.05) is 24.4 Å². The van der Waals surface area contributed by atoms with Gasteiger partial charge in [-0.25, -0.2) is 13.1 Å². The standard InChI is InChI=1S/C23H23N3O5S/c1-2-9-22(27)25-32(29,30)21-14-7-6-13-20(21)26(23(28)19-11-4-3-5-12-19)31-17-18-10-8-15-24-16-18/h3-8,10-16H,2,9,17H2,1H3,(H,25,27). The van der Waals surface area contributed by atoms with E-state index in [1.165, 1.54) is 18.2 Å². The zero-order chi connectivity index (χ0) is 23.0. The van der Waals surface area contributed by atoms with Gasteiger partial charge >= 0.3 is 0 Å². The molecule has 0 atom stereocenters. The van der Waals surface area contributed by atoms with Crippen LogP contribution in [0.25, 0.3) is 0 Å². The third-order valence-corrected chi connectivity index (χ3v) is 5.81. The number of hydrogen-bond donors (Lipinski definition) is 1. The molecule has 0 unspecified atom stereocenters. The first-order valence-electron chi connectivity index (χ1n) is 9.98. The molecule has 32 heavy (non-hydrogen) atoms. The van der Waals surface area contributed by atoms with Crippen LogP contribution in [0.5, 0.6) is 0 Å². The van der Waals surface area contributed by atoms with E-state index in [1.54, 1.807) is 67.8 Å². The molecule has 1 heterocycles. The smallest absolute Gasteiger partial charge is 0.274 e. The van der Waals surface area contributed by atoms with Crippen molar-refractivity contribution in [2.75, 3.05) is 5.06 Å². The molecule has 1 N–H and O–H groups in total. The Hall–Kier alpha value is -3.56. The van der Waals surface area contributed by atoms with Crippen molar-refractivity contribution in [3.8, 4) is 0 Å². The van der Waals surface area contributed by atoms with Crippen molar-refractivity contribution in [1.82, 2.24) is 9.71 Å². The van der Waals surface area contributed by atoms with Crippen molar-refractivity contribution in [2.24, 2.45) is 0 Å². The first-order valence-corrected chi connectivity index (χ1v) is 11.5. The number of para-hydroxylation sites is 1. The highest BCUT2D eigenvalue weighted by atomic mass is 32.2. The molecule has 0 saturated heterocycles. The number of benzene rings is 2. The van der Waals surface area contributed by atoms with Gasteiger partial charge in [-0.2, -0.15) is 5.06 Å². The molecule has 0 radical (unpaired) electrons. The van der Waals surface area contributed by atoms with Crippen LogP contribution in [0.3, 0.4) is 0 Å². The maximum atomic E-state index is 13.3. The highest BCUT2D eigenvalue weighted by Crippen LogP contribution is 2.27. The number of nitrogens with zero attached hydrogens (tertiary/aromatic N) is 2. The molecule has 8 nitrogen and oxygen atoms in total. The number of carbonyl (C=O) groups excluding carboxylic acids is 2. The van der Waals surface area contributed by atoms with Gasteiger partial charge in [0.1, 0.15) is 11.5 Å². The summed E-state index contributed by atoms with van der Waals surface area (Å²) in [5, 5.41) is 0.932. The third-order valence-electron chi connectivity index (χ3n) is 4.39. The first kappa shape index (κ1) is 23.1. The predicted molar refractivity (Wildman–Crippen MR) is 119 cm³/mol. The Labute approximate surface area is 186 Å². The summed E-state index contributed by atoms with van der Waals surface area (Å²) in [7, 11) is -4.24. The van der Waals surface area contributed by atoms with Gasteiger partial charge in [0.2, 0.25) is 5.91 Å². The highest BCUT2D eigenvalue weighted by Gasteiger charge is 2.28. The number of aromatic nitrogens is 1. The molecule has 166 valence electrons. The molecule has 0 aliphatic rings. The maximum Gasteiger partial charge on any atom is 0.282 e. The SMILES string of the molecule is CCCC(=O)NS(=O)(=O)c1ccccc1N(OCc1cccnc1)C(=O)c1ccccc1. The lowest BCUT2D eigenvalue weighted by Gasteiger charge is -2.24. The summed E-state index contributed by atoms with van der Waals surface area (Å²) in [5.74, 6) is -1.18. The van der Waals surface area contributed by atoms with E-state index in [1.807, 2.05) is 0 Å². The Morgan fingerprint density at radius 2 is 1.72 bits per heavy atom. The molecule has 1 aromatic heterocycles. The van der Waals surface area contributed by atoms with Crippen molar-refractivity contribution in [3.63, 3.8) is 0 Å². The maximum absolute atomic E-state index is 13.3. The molecule has 0 aliphatic heterocycles. The van der Waals surface area contributed by atoms with Crippen LogP contribution >= 0.6 is 0 Å². The quantitative estimate of drug-likeness (QED) is 0.498. The van der Waals surface area contributed by atoms with Crippen LogP contribution in [0.4, 0.5) is 5.69 Å². The zero-order valence-electron chi connectivity index (χ0n) is 17.5. The zero-order valence-corrected chi connectivity index (χ0v) is 18.3. The fraction of sp³-hybridized carbons (Fsp3) is 0.174. The average molecular weight is 454 g/mol. The van der Waals surface area contributed by atoms with E-state index >= 15 is 0 Å². The minimum atomic E-state index is -4.24. The molecule has 2 aromatic carbocycles. The number of hydroxylamine groups is 1. The van der Waals surface area contributed by atoms with E-state index < -0.39 is 21.8 Å². The van der Waals surface area contributed by atoms with E-state index in [-0.39, 0.29) is 23.6 Å². The monoisotopic (exact) mass is 453 g/mol. The van der Waals surface area contributed by atoms with Gasteiger partial charge in [-0.05, 0) is 42.3 Å². The van der Waals surface area contributed by atoms with E-state index in [9.17, 15) is 18.0 Å². The highest BCUT2D eigenvalue weighted by molar-refractivity contribution is 7.90. The molecular weight excluding hydrogens is 430 g/mol. The van der Waals surface area contributed by atoms with Gasteiger partial charge in [0.05, 0.1) is 5.69 Å². The number of nitrogens with one attached hydrogen (secondary N) is 1. The molecule has 3 aromatic rings. The number of rotatable bonds is 9. The number of anilines is 1. The third kappa shape index (κ3) is 5.77. The van der Waals surface area contributed by atoms with Crippen LogP contribution in [0.1, 0.15) is 35.7 Å². The number of carbonyl (C=O) groups is 2. The van der Waals surface area contributed by atoms with E-state index in [2.05, 4.69) is 9.71 Å². The van der Waals surface area contributed by atoms with E-state index in [0.29, 0.717) is 17.5 Å². The summed E-state index contributed by atoms with van der Waals surface area (Å²) < 4.78 is 27.9. The lowest BCUT2D eigenvalue weighted by Crippen LogP contribution is -2.35. The van der Waals surface area contributed by atoms with Crippen LogP contribution in [0, 0.1) is 0 Å². The van der Waals surface area contributed by atoms with Gasteiger partial charge in [-0.1, -0.05) is 43.3 Å². The van der Waals surface area contributed by atoms with Gasteiger partial charge in [0.15, 0.2) is 0 Å². The first-order chi connectivity index (χ1) is 15.4. The molecule has 3 rings (SSSR count). The number of sulfonamides is 1. The lowest BCUT2D eigenvalue weighted by molar-refractivity contribution is -0.119. The van der Waals surface area contributed by atoms with Crippen LogP contribution in [0.2, 0.25) is 0 Å². The summed E-state index contributed by atoms with van der Waals surface area (Å²) in [6.45, 7) is 1.75. The molecular formula is C23H23N3O5S. The van der Waals surface area contributed by atoms with Crippen LogP contribution in [-0.2, 0) is 26.3 Å². The van der Waals surface area contributed by atoms with Crippen LogP contribution in [0.15, 0.2) is 84.0 Å². The van der Waals surface area contributed by atoms with Crippen molar-refractivity contribution >= 4 is 27.5 Å². The second-order valence-corrected chi connectivity index (χ2v) is 8.50. The van der Waals surface area contributed by atoms with Crippen molar-refractivity contribution in [1.29, 1.82) is 0 Å². The van der Waals surface area contributed by atoms with E-state index in [0.717, 1.165) is 5.06 Å². The lowest BCUT2D eigenvalue weighted by atomic mass is 10.2. The molecule has 0 bridgehead atoms. The average Bonchev–Trinajstić information content (AvgIpc) is 2.80. The Morgan fingerprint density at radius 3 is 2.41 bits per heavy atom. The summed E-state index contributed by atoms with van der Waals surface area (Å²) in [5.41, 5.74) is 0.984. The van der Waals surface area contributed by atoms with Gasteiger partial charge in [-0.15, -0.1) is 0 Å². The Bertz CT molecular complexity index is 1170. The normalized spacial score (nSPS) is 11.0. The van der Waals surface area contributed by atoms with Gasteiger partial charge in [-0.3, -0.25) is 19.4 Å². The summed E-state index contributed by atoms with van der Waals surface area (Å²) in [4.78, 5) is 34.8.